The molecule has 0 bridgehead atoms. The number of fused-ring (bicyclic) bond motifs is 9. The summed E-state index contributed by atoms with van der Waals surface area (Å²) >= 11 is 0. The summed E-state index contributed by atoms with van der Waals surface area (Å²) in [6.07, 6.45) is 0. The minimum Gasteiger partial charge on any atom is -0.456 e. The molecule has 0 aliphatic carbocycles. The normalized spacial score (nSPS) is 11.9. The van der Waals surface area contributed by atoms with E-state index in [0.717, 1.165) is 82.7 Å². The highest BCUT2D eigenvalue weighted by Gasteiger charge is 2.20. The molecule has 12 rings (SSSR count). The van der Waals surface area contributed by atoms with Crippen molar-refractivity contribution in [2.45, 2.75) is 0 Å². The van der Waals surface area contributed by atoms with E-state index in [1.165, 1.54) is 10.8 Å². The predicted molar refractivity (Wildman–Crippen MR) is 232 cm³/mol. The van der Waals surface area contributed by atoms with Crippen LogP contribution in [-0.4, -0.2) is 24.1 Å². The highest BCUT2D eigenvalue weighted by atomic mass is 16.3. The van der Waals surface area contributed by atoms with Gasteiger partial charge in [-0.25, -0.2) is 4.98 Å². The first-order valence-electron chi connectivity index (χ1n) is 19.1. The molecule has 0 saturated carbocycles. The quantitative estimate of drug-likeness (QED) is 0.177. The van der Waals surface area contributed by atoms with Crippen LogP contribution in [0, 0.1) is 0 Å². The second-order valence-electron chi connectivity index (χ2n) is 14.5. The van der Waals surface area contributed by atoms with Gasteiger partial charge in [0.15, 0.2) is 11.6 Å². The fraction of sp³-hybridized carbons (Fsp3) is 0. The molecular weight excluding hydrogens is 699 g/mol. The van der Waals surface area contributed by atoms with Gasteiger partial charge in [-0.1, -0.05) is 133 Å². The first-order chi connectivity index (χ1) is 28.2. The summed E-state index contributed by atoms with van der Waals surface area (Å²) in [5, 5.41) is 6.90. The summed E-state index contributed by atoms with van der Waals surface area (Å²) < 4.78 is 10.7. The Morgan fingerprint density at radius 1 is 0.316 bits per heavy atom. The number of hydrogen-bond donors (Lipinski definition) is 0. The van der Waals surface area contributed by atoms with Gasteiger partial charge in [0.25, 0.3) is 0 Å². The van der Waals surface area contributed by atoms with Crippen molar-refractivity contribution in [3.8, 4) is 45.5 Å². The van der Waals surface area contributed by atoms with E-state index in [1.807, 2.05) is 72.8 Å². The summed E-state index contributed by atoms with van der Waals surface area (Å²) in [5.74, 6) is 1.83. The molecule has 6 nitrogen and oxygen atoms in total. The van der Waals surface area contributed by atoms with Gasteiger partial charge in [0, 0.05) is 49.1 Å². The Morgan fingerprint density at radius 3 is 1.60 bits per heavy atom. The second-order valence-corrected chi connectivity index (χ2v) is 14.5. The molecule has 0 atom stereocenters. The van der Waals surface area contributed by atoms with Gasteiger partial charge >= 0.3 is 0 Å². The number of aromatic nitrogens is 5. The van der Waals surface area contributed by atoms with Crippen molar-refractivity contribution in [2.24, 2.45) is 0 Å². The predicted octanol–water partition coefficient (Wildman–Crippen LogP) is 13.0. The van der Waals surface area contributed by atoms with Gasteiger partial charge in [0.05, 0.1) is 22.1 Å². The van der Waals surface area contributed by atoms with Crippen molar-refractivity contribution >= 4 is 65.6 Å². The minimum absolute atomic E-state index is 0.576. The molecule has 0 saturated heterocycles. The number of furan rings is 1. The first kappa shape index (κ1) is 31.5. The lowest BCUT2D eigenvalue weighted by Gasteiger charge is -2.11. The Balaban J connectivity index is 1.05. The monoisotopic (exact) mass is 729 g/mol. The molecule has 57 heavy (non-hydrogen) atoms. The molecule has 0 amide bonds. The maximum absolute atomic E-state index is 6.18. The number of nitrogens with zero attached hydrogens (tertiary/aromatic N) is 5. The van der Waals surface area contributed by atoms with Crippen LogP contribution in [0.2, 0.25) is 0 Å². The van der Waals surface area contributed by atoms with Crippen molar-refractivity contribution in [2.75, 3.05) is 0 Å². The molecule has 0 fully saturated rings. The van der Waals surface area contributed by atoms with Crippen molar-refractivity contribution < 1.29 is 4.42 Å². The number of hydrogen-bond acceptors (Lipinski definition) is 4. The largest absolute Gasteiger partial charge is 0.456 e. The molecule has 266 valence electrons. The summed E-state index contributed by atoms with van der Waals surface area (Å²) in [5.41, 5.74) is 11.4. The zero-order chi connectivity index (χ0) is 37.5. The Hall–Kier alpha value is -7.83. The average Bonchev–Trinajstić information content (AvgIpc) is 3.94. The van der Waals surface area contributed by atoms with E-state index in [4.69, 9.17) is 19.4 Å². The SMILES string of the molecule is c1ccc(-c2nc(-c3ccccc3)nc(-n3c4ccccc4c4ccc(-c5ccc6c(c5)c5ccccc5n6-c5ccc6oc7ccccc7c6c5)cc43)n2)cc1. The highest BCUT2D eigenvalue weighted by Crippen LogP contribution is 2.39. The topological polar surface area (TPSA) is 61.7 Å². The van der Waals surface area contributed by atoms with Crippen LogP contribution in [0.1, 0.15) is 0 Å². The molecule has 0 unspecified atom stereocenters. The zero-order valence-electron chi connectivity index (χ0n) is 30.5. The lowest BCUT2D eigenvalue weighted by atomic mass is 10.0. The molecular formula is C51H31N5O. The van der Waals surface area contributed by atoms with Crippen LogP contribution < -0.4 is 0 Å². The molecule has 12 aromatic rings. The Kier molecular flexibility index (Phi) is 6.83. The molecule has 0 N–H and O–H groups in total. The van der Waals surface area contributed by atoms with Gasteiger partial charge in [0.1, 0.15) is 11.2 Å². The van der Waals surface area contributed by atoms with Crippen molar-refractivity contribution in [1.82, 2.24) is 24.1 Å². The smallest absolute Gasteiger partial charge is 0.238 e. The standard InChI is InChI=1S/C51H31N5O/c1-3-13-32(14-4-1)49-52-50(33-15-5-2-6-16-33)54-51(53-49)56-44-21-11-7-17-37(44)39-26-23-35(30-46(39)56)34-24-27-45-41(29-34)38-18-8-10-20-43(38)55(45)36-25-28-48-42(31-36)40-19-9-12-22-47(40)57-48/h1-31H. The number of benzene rings is 8. The Bertz CT molecular complexity index is 3470. The lowest BCUT2D eigenvalue weighted by molar-refractivity contribution is 0.669. The van der Waals surface area contributed by atoms with Crippen LogP contribution in [0.3, 0.4) is 0 Å². The van der Waals surface area contributed by atoms with Gasteiger partial charge in [-0.05, 0) is 65.7 Å². The van der Waals surface area contributed by atoms with E-state index < -0.39 is 0 Å². The molecule has 4 heterocycles. The van der Waals surface area contributed by atoms with Gasteiger partial charge < -0.3 is 8.98 Å². The number of para-hydroxylation sites is 3. The highest BCUT2D eigenvalue weighted by molar-refractivity contribution is 6.13. The molecule has 0 aliphatic heterocycles. The van der Waals surface area contributed by atoms with Gasteiger partial charge in [-0.3, -0.25) is 4.57 Å². The summed E-state index contributed by atoms with van der Waals surface area (Å²) in [6, 6.07) is 65.7. The lowest BCUT2D eigenvalue weighted by Crippen LogP contribution is -2.06. The maximum Gasteiger partial charge on any atom is 0.238 e. The zero-order valence-corrected chi connectivity index (χ0v) is 30.5. The van der Waals surface area contributed by atoms with Crippen LogP contribution in [0.25, 0.3) is 111 Å². The van der Waals surface area contributed by atoms with Crippen LogP contribution >= 0.6 is 0 Å². The molecule has 0 radical (unpaired) electrons. The fourth-order valence-electron chi connectivity index (χ4n) is 8.55. The first-order valence-corrected chi connectivity index (χ1v) is 19.1. The molecule has 0 aliphatic rings. The van der Waals surface area contributed by atoms with Crippen molar-refractivity contribution in [3.63, 3.8) is 0 Å². The van der Waals surface area contributed by atoms with Crippen LogP contribution in [-0.2, 0) is 0 Å². The molecule has 8 aromatic carbocycles. The van der Waals surface area contributed by atoms with E-state index in [1.54, 1.807) is 0 Å². The van der Waals surface area contributed by atoms with Crippen molar-refractivity contribution in [1.29, 1.82) is 0 Å². The van der Waals surface area contributed by atoms with E-state index >= 15 is 0 Å². The van der Waals surface area contributed by atoms with Gasteiger partial charge in [0.2, 0.25) is 5.95 Å². The van der Waals surface area contributed by atoms with Crippen LogP contribution in [0.4, 0.5) is 0 Å². The summed E-state index contributed by atoms with van der Waals surface area (Å²) in [6.45, 7) is 0. The Labute approximate surface area is 326 Å². The molecule has 4 aromatic heterocycles. The number of rotatable bonds is 5. The van der Waals surface area contributed by atoms with Gasteiger partial charge in [-0.2, -0.15) is 9.97 Å². The third kappa shape index (κ3) is 4.94. The van der Waals surface area contributed by atoms with Gasteiger partial charge in [-0.15, -0.1) is 0 Å². The van der Waals surface area contributed by atoms with E-state index in [2.05, 4.69) is 124 Å². The Morgan fingerprint density at radius 2 is 0.860 bits per heavy atom. The summed E-state index contributed by atoms with van der Waals surface area (Å²) in [7, 11) is 0. The van der Waals surface area contributed by atoms with E-state index in [0.29, 0.717) is 17.6 Å². The fourth-order valence-corrected chi connectivity index (χ4v) is 8.55. The van der Waals surface area contributed by atoms with E-state index in [9.17, 15) is 0 Å². The third-order valence-electron chi connectivity index (χ3n) is 11.2. The summed E-state index contributed by atoms with van der Waals surface area (Å²) in [4.78, 5) is 15.3. The minimum atomic E-state index is 0.576. The van der Waals surface area contributed by atoms with Crippen LogP contribution in [0.5, 0.6) is 0 Å². The second kappa shape index (κ2) is 12.3. The maximum atomic E-state index is 6.18. The molecule has 0 spiro atoms. The van der Waals surface area contributed by atoms with E-state index in [-0.39, 0.29) is 0 Å². The van der Waals surface area contributed by atoms with Crippen LogP contribution in [0.15, 0.2) is 192 Å². The van der Waals surface area contributed by atoms with Crippen molar-refractivity contribution in [3.05, 3.63) is 188 Å². The molecule has 6 heteroatoms. The average molecular weight is 730 g/mol. The third-order valence-corrected chi connectivity index (χ3v) is 11.2.